The van der Waals surface area contributed by atoms with Crippen molar-refractivity contribution in [3.8, 4) is 6.07 Å². The van der Waals surface area contributed by atoms with Gasteiger partial charge in [-0.15, -0.1) is 0 Å². The average molecular weight is 368 g/mol. The summed E-state index contributed by atoms with van der Waals surface area (Å²) in [6.45, 7) is 5.84. The minimum Gasteiger partial charge on any atom is -0.442 e. The lowest BCUT2D eigenvalue weighted by Crippen LogP contribution is -2.33. The summed E-state index contributed by atoms with van der Waals surface area (Å²) in [5.41, 5.74) is 3.98. The Morgan fingerprint density at radius 2 is 1.85 bits per heavy atom. The minimum atomic E-state index is -0.391. The third-order valence-electron chi connectivity index (χ3n) is 5.04. The first-order valence-electron chi connectivity index (χ1n) is 9.14. The number of hydrogen-bond donors (Lipinski definition) is 1. The van der Waals surface area contributed by atoms with Crippen molar-refractivity contribution in [3.63, 3.8) is 0 Å². The highest BCUT2D eigenvalue weighted by atomic mass is 16.6. The van der Waals surface area contributed by atoms with Gasteiger partial charge in [-0.25, -0.2) is 4.79 Å². The average Bonchev–Trinajstić information content (AvgIpc) is 3.06. The van der Waals surface area contributed by atoms with Gasteiger partial charge >= 0.3 is 6.09 Å². The van der Waals surface area contributed by atoms with Gasteiger partial charge in [0.05, 0.1) is 19.2 Å². The van der Waals surface area contributed by atoms with Crippen LogP contribution in [0.5, 0.6) is 0 Å². The summed E-state index contributed by atoms with van der Waals surface area (Å²) < 4.78 is 5.30. The summed E-state index contributed by atoms with van der Waals surface area (Å²) in [6, 6.07) is 10.1. The van der Waals surface area contributed by atoms with Gasteiger partial charge in [0.2, 0.25) is 5.91 Å². The third kappa shape index (κ3) is 4.40. The van der Waals surface area contributed by atoms with Gasteiger partial charge in [0, 0.05) is 37.0 Å². The van der Waals surface area contributed by atoms with Gasteiger partial charge in [-0.2, -0.15) is 5.26 Å². The maximum Gasteiger partial charge on any atom is 0.414 e. The van der Waals surface area contributed by atoms with Crippen LogP contribution in [-0.2, 0) is 9.53 Å². The molecule has 0 radical (unpaired) electrons. The van der Waals surface area contributed by atoms with E-state index >= 15 is 0 Å². The van der Waals surface area contributed by atoms with E-state index in [9.17, 15) is 9.59 Å². The van der Waals surface area contributed by atoms with E-state index in [0.717, 1.165) is 42.9 Å². The number of hydrogen-bond acceptors (Lipinski definition) is 5. The van der Waals surface area contributed by atoms with Gasteiger partial charge in [0.1, 0.15) is 6.10 Å². The van der Waals surface area contributed by atoms with Crippen molar-refractivity contribution in [3.05, 3.63) is 35.4 Å². The number of carbonyl (C=O) groups excluding carboxylic acids is 2. The van der Waals surface area contributed by atoms with Crippen LogP contribution in [0.1, 0.15) is 26.7 Å². The summed E-state index contributed by atoms with van der Waals surface area (Å²) in [5, 5.41) is 11.7. The van der Waals surface area contributed by atoms with E-state index < -0.39 is 6.09 Å². The van der Waals surface area contributed by atoms with E-state index in [1.807, 2.05) is 31.2 Å². The molecular weight excluding hydrogens is 344 g/mol. The van der Waals surface area contributed by atoms with Gasteiger partial charge in [0.15, 0.2) is 0 Å². The van der Waals surface area contributed by atoms with Crippen molar-refractivity contribution in [1.29, 1.82) is 5.26 Å². The van der Waals surface area contributed by atoms with E-state index in [0.29, 0.717) is 13.1 Å². The number of nitrogens with zero attached hydrogens (tertiary/aromatic N) is 3. The summed E-state index contributed by atoms with van der Waals surface area (Å²) in [6.07, 6.45) is 1.09. The quantitative estimate of drug-likeness (QED) is 0.826. The minimum absolute atomic E-state index is 0.140. The van der Waals surface area contributed by atoms with Crippen molar-refractivity contribution in [2.75, 3.05) is 36.0 Å². The van der Waals surface area contributed by atoms with Crippen LogP contribution in [0.4, 0.5) is 16.2 Å². The normalized spacial score (nSPS) is 19.5. The van der Waals surface area contributed by atoms with Crippen molar-refractivity contribution < 1.29 is 14.3 Å². The monoisotopic (exact) mass is 368 g/mol. The number of piperidine rings is 1. The second-order valence-corrected chi connectivity index (χ2v) is 6.90. The number of amides is 2. The van der Waals surface area contributed by atoms with Crippen molar-refractivity contribution in [1.82, 2.24) is 5.32 Å². The molecule has 0 spiro atoms. The van der Waals surface area contributed by atoms with Gasteiger partial charge in [-0.3, -0.25) is 9.69 Å². The van der Waals surface area contributed by atoms with Crippen LogP contribution in [0.3, 0.4) is 0 Å². The fourth-order valence-corrected chi connectivity index (χ4v) is 3.43. The molecule has 2 aliphatic rings. The number of cyclic esters (lactones) is 1. The van der Waals surface area contributed by atoms with E-state index in [1.54, 1.807) is 4.90 Å². The van der Waals surface area contributed by atoms with Gasteiger partial charge in [0.25, 0.3) is 0 Å². The Bertz CT molecular complexity index is 784. The van der Waals surface area contributed by atoms with Crippen LogP contribution >= 0.6 is 0 Å². The first-order chi connectivity index (χ1) is 13.0. The third-order valence-corrected chi connectivity index (χ3v) is 5.04. The Kier molecular flexibility index (Phi) is 5.65. The summed E-state index contributed by atoms with van der Waals surface area (Å²) in [4.78, 5) is 27.0. The topological polar surface area (TPSA) is 85.7 Å². The zero-order valence-corrected chi connectivity index (χ0v) is 15.7. The van der Waals surface area contributed by atoms with E-state index in [1.165, 1.54) is 12.5 Å². The molecular formula is C20H24N4O3. The van der Waals surface area contributed by atoms with Gasteiger partial charge in [-0.1, -0.05) is 5.57 Å². The summed E-state index contributed by atoms with van der Waals surface area (Å²) >= 11 is 0. The molecule has 3 rings (SSSR count). The van der Waals surface area contributed by atoms with Gasteiger partial charge in [-0.05, 0) is 44.0 Å². The Hall–Kier alpha value is -3.01. The molecule has 27 heavy (non-hydrogen) atoms. The molecule has 7 nitrogen and oxygen atoms in total. The molecule has 2 aliphatic heterocycles. The number of benzene rings is 1. The van der Waals surface area contributed by atoms with E-state index in [2.05, 4.69) is 16.3 Å². The molecule has 0 unspecified atom stereocenters. The van der Waals surface area contributed by atoms with Gasteiger partial charge < -0.3 is 15.0 Å². The smallest absolute Gasteiger partial charge is 0.414 e. The zero-order valence-electron chi connectivity index (χ0n) is 15.7. The number of rotatable bonds is 4. The van der Waals surface area contributed by atoms with Crippen LogP contribution in [0.15, 0.2) is 35.4 Å². The zero-order chi connectivity index (χ0) is 19.4. The highest BCUT2D eigenvalue weighted by Crippen LogP contribution is 2.28. The molecule has 7 heteroatoms. The lowest BCUT2D eigenvalue weighted by Gasteiger charge is -2.31. The van der Waals surface area contributed by atoms with Crippen LogP contribution in [0.2, 0.25) is 0 Å². The molecule has 0 aliphatic carbocycles. The molecule has 2 amide bonds. The number of nitriles is 1. The maximum atomic E-state index is 12.1. The number of ether oxygens (including phenoxy) is 1. The molecule has 0 saturated carbocycles. The molecule has 142 valence electrons. The first kappa shape index (κ1) is 18.8. The second-order valence-electron chi connectivity index (χ2n) is 6.90. The Morgan fingerprint density at radius 3 is 2.44 bits per heavy atom. The van der Waals surface area contributed by atoms with Crippen LogP contribution in [0, 0.1) is 11.3 Å². The lowest BCUT2D eigenvalue weighted by atomic mass is 9.99. The van der Waals surface area contributed by atoms with Crippen LogP contribution in [-0.4, -0.2) is 44.3 Å². The fraction of sp³-hybridized carbons (Fsp3) is 0.450. The highest BCUT2D eigenvalue weighted by molar-refractivity contribution is 5.90. The molecule has 2 saturated heterocycles. The van der Waals surface area contributed by atoms with Crippen molar-refractivity contribution >= 4 is 23.4 Å². The number of nitrogens with one attached hydrogen (secondary N) is 1. The Morgan fingerprint density at radius 1 is 1.22 bits per heavy atom. The Labute approximate surface area is 159 Å². The van der Waals surface area contributed by atoms with Crippen LogP contribution in [0.25, 0.3) is 0 Å². The van der Waals surface area contributed by atoms with Crippen LogP contribution < -0.4 is 15.1 Å². The van der Waals surface area contributed by atoms with E-state index in [4.69, 9.17) is 10.00 Å². The van der Waals surface area contributed by atoms with Crippen molar-refractivity contribution in [2.24, 2.45) is 0 Å². The molecule has 1 N–H and O–H groups in total. The standard InChI is InChI=1S/C20H24N4O3/c1-14(11-21)16-7-9-23(10-8-16)17-3-5-18(6-4-17)24-13-19(27-20(24)26)12-22-15(2)25/h3-6,19H,7-10,12-13H2,1-2H3,(H,22,25)/t19-/m0/s1. The predicted octanol–water partition coefficient (Wildman–Crippen LogP) is 2.59. The summed E-state index contributed by atoms with van der Waals surface area (Å²) in [5.74, 6) is -0.140. The largest absolute Gasteiger partial charge is 0.442 e. The molecule has 1 aromatic rings. The van der Waals surface area contributed by atoms with E-state index in [-0.39, 0.29) is 12.0 Å². The second kappa shape index (κ2) is 8.12. The predicted molar refractivity (Wildman–Crippen MR) is 103 cm³/mol. The molecule has 0 aromatic heterocycles. The molecule has 1 atom stereocenters. The lowest BCUT2D eigenvalue weighted by molar-refractivity contribution is -0.119. The highest BCUT2D eigenvalue weighted by Gasteiger charge is 2.32. The molecule has 0 bridgehead atoms. The Balaban J connectivity index is 1.60. The number of allylic oxidation sites excluding steroid dienone is 1. The summed E-state index contributed by atoms with van der Waals surface area (Å²) in [7, 11) is 0. The fourth-order valence-electron chi connectivity index (χ4n) is 3.43. The number of anilines is 2. The number of carbonyl (C=O) groups is 2. The molecule has 2 fully saturated rings. The maximum absolute atomic E-state index is 12.1. The molecule has 1 aromatic carbocycles. The first-order valence-corrected chi connectivity index (χ1v) is 9.14. The molecule has 2 heterocycles. The SMILES string of the molecule is CC(=O)NC[C@H]1CN(c2ccc(N3CCC(=C(C)C#N)CC3)cc2)C(=O)O1. The van der Waals surface area contributed by atoms with Crippen molar-refractivity contribution in [2.45, 2.75) is 32.8 Å².